The van der Waals surface area contributed by atoms with Crippen molar-refractivity contribution >= 4 is 11.9 Å². The van der Waals surface area contributed by atoms with Gasteiger partial charge < -0.3 is 10.1 Å². The van der Waals surface area contributed by atoms with Gasteiger partial charge in [-0.25, -0.2) is 4.79 Å². The Hall–Kier alpha value is -1.85. The summed E-state index contributed by atoms with van der Waals surface area (Å²) in [5, 5.41) is 6.68. The van der Waals surface area contributed by atoms with E-state index in [1.54, 1.807) is 17.8 Å². The number of carbonyl (C=O) groups excluding carboxylic acids is 2. The first-order chi connectivity index (χ1) is 8.17. The average molecular weight is 239 g/mol. The molecule has 6 heteroatoms. The summed E-state index contributed by atoms with van der Waals surface area (Å²) in [7, 11) is 0. The van der Waals surface area contributed by atoms with Crippen molar-refractivity contribution in [1.82, 2.24) is 15.1 Å². The van der Waals surface area contributed by atoms with Gasteiger partial charge in [0, 0.05) is 25.7 Å². The van der Waals surface area contributed by atoms with Crippen molar-refractivity contribution in [1.29, 1.82) is 0 Å². The minimum absolute atomic E-state index is 0.0271. The molecular formula is C11H17N3O3. The van der Waals surface area contributed by atoms with Gasteiger partial charge in [-0.15, -0.1) is 0 Å². The van der Waals surface area contributed by atoms with Crippen LogP contribution < -0.4 is 5.32 Å². The zero-order chi connectivity index (χ0) is 12.7. The molecule has 1 aromatic rings. The Balaban J connectivity index is 2.45. The number of carbonyl (C=O) groups is 2. The van der Waals surface area contributed by atoms with Crippen LogP contribution in [0.5, 0.6) is 0 Å². The number of hydrogen-bond donors (Lipinski definition) is 1. The molecule has 0 radical (unpaired) electrons. The summed E-state index contributed by atoms with van der Waals surface area (Å²) in [6.07, 6.45) is 3.37. The van der Waals surface area contributed by atoms with E-state index >= 15 is 0 Å². The second kappa shape index (κ2) is 6.67. The Morgan fingerprint density at radius 3 is 2.88 bits per heavy atom. The first kappa shape index (κ1) is 13.2. The molecule has 6 nitrogen and oxygen atoms in total. The van der Waals surface area contributed by atoms with Crippen LogP contribution in [0.25, 0.3) is 0 Å². The topological polar surface area (TPSA) is 73.2 Å². The molecule has 1 aromatic heterocycles. The van der Waals surface area contributed by atoms with Gasteiger partial charge in [0.25, 0.3) is 0 Å². The second-order valence-corrected chi connectivity index (χ2v) is 3.42. The summed E-state index contributed by atoms with van der Waals surface area (Å²) < 4.78 is 6.39. The molecule has 0 aliphatic heterocycles. The highest BCUT2D eigenvalue weighted by molar-refractivity contribution is 5.88. The highest BCUT2D eigenvalue weighted by atomic mass is 16.5. The van der Waals surface area contributed by atoms with Crippen LogP contribution >= 0.6 is 0 Å². The molecule has 0 spiro atoms. The third kappa shape index (κ3) is 4.26. The summed E-state index contributed by atoms with van der Waals surface area (Å²) in [5.41, 5.74) is 0.405. The summed E-state index contributed by atoms with van der Waals surface area (Å²) in [5.74, 6) is -0.419. The van der Waals surface area contributed by atoms with Crippen molar-refractivity contribution in [2.24, 2.45) is 0 Å². The lowest BCUT2D eigenvalue weighted by Gasteiger charge is -2.02. The van der Waals surface area contributed by atoms with Crippen molar-refractivity contribution in [3.63, 3.8) is 0 Å². The maximum atomic E-state index is 11.3. The molecule has 0 aliphatic carbocycles. The molecule has 0 saturated heterocycles. The van der Waals surface area contributed by atoms with E-state index < -0.39 is 5.97 Å². The van der Waals surface area contributed by atoms with Gasteiger partial charge in [-0.05, 0) is 13.8 Å². The number of nitrogens with one attached hydrogen (secondary N) is 1. The van der Waals surface area contributed by atoms with Crippen LogP contribution in [0, 0.1) is 0 Å². The minimum atomic E-state index is -0.392. The normalized spacial score (nSPS) is 10.0. The van der Waals surface area contributed by atoms with E-state index in [4.69, 9.17) is 4.74 Å². The molecule has 0 atom stereocenters. The lowest BCUT2D eigenvalue weighted by molar-refractivity contribution is -0.121. The van der Waals surface area contributed by atoms with E-state index in [0.717, 1.165) is 0 Å². The fraction of sp³-hybridized carbons (Fsp3) is 0.545. The van der Waals surface area contributed by atoms with Crippen LogP contribution in [0.1, 0.15) is 30.6 Å². The number of hydrogen-bond acceptors (Lipinski definition) is 4. The van der Waals surface area contributed by atoms with E-state index in [2.05, 4.69) is 10.4 Å². The summed E-state index contributed by atoms with van der Waals surface area (Å²) in [6, 6.07) is 0. The van der Waals surface area contributed by atoms with E-state index in [1.165, 1.54) is 6.20 Å². The van der Waals surface area contributed by atoms with Crippen LogP contribution in [0.3, 0.4) is 0 Å². The first-order valence-corrected chi connectivity index (χ1v) is 5.63. The molecule has 0 aliphatic rings. The minimum Gasteiger partial charge on any atom is -0.462 e. The number of ether oxygens (including phenoxy) is 1. The lowest BCUT2D eigenvalue weighted by Crippen LogP contribution is -2.23. The van der Waals surface area contributed by atoms with Gasteiger partial charge in [-0.1, -0.05) is 0 Å². The number of nitrogens with zero attached hydrogens (tertiary/aromatic N) is 2. The van der Waals surface area contributed by atoms with Crippen LogP contribution in [0.4, 0.5) is 0 Å². The molecule has 0 saturated carbocycles. The van der Waals surface area contributed by atoms with Crippen LogP contribution in [-0.2, 0) is 16.1 Å². The smallest absolute Gasteiger partial charge is 0.341 e. The number of esters is 1. The van der Waals surface area contributed by atoms with Gasteiger partial charge in [-0.3, -0.25) is 9.48 Å². The SMILES string of the molecule is CCNC(=O)CCn1cc(C(=O)OCC)cn1. The van der Waals surface area contributed by atoms with Gasteiger partial charge in [0.1, 0.15) is 0 Å². The zero-order valence-corrected chi connectivity index (χ0v) is 10.1. The summed E-state index contributed by atoms with van der Waals surface area (Å²) in [4.78, 5) is 22.6. The van der Waals surface area contributed by atoms with E-state index in [9.17, 15) is 9.59 Å². The van der Waals surface area contributed by atoms with Crippen LogP contribution in [0.15, 0.2) is 12.4 Å². The van der Waals surface area contributed by atoms with Crippen molar-refractivity contribution in [3.8, 4) is 0 Å². The second-order valence-electron chi connectivity index (χ2n) is 3.42. The Bertz CT molecular complexity index is 387. The van der Waals surface area contributed by atoms with Gasteiger partial charge in [0.15, 0.2) is 0 Å². The number of amides is 1. The molecule has 1 amide bonds. The number of rotatable bonds is 6. The van der Waals surface area contributed by atoms with Gasteiger partial charge in [0.05, 0.1) is 18.4 Å². The summed E-state index contributed by atoms with van der Waals surface area (Å²) >= 11 is 0. The highest BCUT2D eigenvalue weighted by Gasteiger charge is 2.09. The van der Waals surface area contributed by atoms with Crippen molar-refractivity contribution in [2.75, 3.05) is 13.2 Å². The van der Waals surface area contributed by atoms with E-state index in [1.807, 2.05) is 6.92 Å². The predicted molar refractivity (Wildman–Crippen MR) is 61.5 cm³/mol. The molecule has 0 unspecified atom stereocenters. The lowest BCUT2D eigenvalue weighted by atomic mass is 10.3. The van der Waals surface area contributed by atoms with Crippen molar-refractivity contribution < 1.29 is 14.3 Å². The fourth-order valence-corrected chi connectivity index (χ4v) is 1.31. The van der Waals surface area contributed by atoms with Gasteiger partial charge in [-0.2, -0.15) is 5.10 Å². The van der Waals surface area contributed by atoms with Crippen LogP contribution in [0.2, 0.25) is 0 Å². The zero-order valence-electron chi connectivity index (χ0n) is 10.1. The Labute approximate surface area is 99.9 Å². The quantitative estimate of drug-likeness (QED) is 0.737. The molecule has 1 heterocycles. The fourth-order valence-electron chi connectivity index (χ4n) is 1.31. The highest BCUT2D eigenvalue weighted by Crippen LogP contribution is 2.01. The maximum Gasteiger partial charge on any atom is 0.341 e. The number of aryl methyl sites for hydroxylation is 1. The predicted octanol–water partition coefficient (Wildman–Crippen LogP) is 0.586. The third-order valence-electron chi connectivity index (χ3n) is 2.09. The van der Waals surface area contributed by atoms with Crippen molar-refractivity contribution in [3.05, 3.63) is 18.0 Å². The Kier molecular flexibility index (Phi) is 5.19. The average Bonchev–Trinajstić information content (AvgIpc) is 2.76. The third-order valence-corrected chi connectivity index (χ3v) is 2.09. The largest absolute Gasteiger partial charge is 0.462 e. The van der Waals surface area contributed by atoms with E-state index in [-0.39, 0.29) is 5.91 Å². The van der Waals surface area contributed by atoms with E-state index in [0.29, 0.717) is 31.7 Å². The Morgan fingerprint density at radius 1 is 1.47 bits per heavy atom. The van der Waals surface area contributed by atoms with Gasteiger partial charge in [0.2, 0.25) is 5.91 Å². The molecule has 94 valence electrons. The summed E-state index contributed by atoms with van der Waals surface area (Å²) in [6.45, 7) is 5.02. The van der Waals surface area contributed by atoms with Crippen molar-refractivity contribution in [2.45, 2.75) is 26.8 Å². The molecule has 0 fully saturated rings. The van der Waals surface area contributed by atoms with Gasteiger partial charge >= 0.3 is 5.97 Å². The molecule has 1 rings (SSSR count). The standard InChI is InChI=1S/C11H17N3O3/c1-3-12-10(15)5-6-14-8-9(7-13-14)11(16)17-4-2/h7-8H,3-6H2,1-2H3,(H,12,15). The monoisotopic (exact) mass is 239 g/mol. The van der Waals surface area contributed by atoms with Crippen LogP contribution in [-0.4, -0.2) is 34.8 Å². The molecule has 1 N–H and O–H groups in total. The number of aromatic nitrogens is 2. The molecular weight excluding hydrogens is 222 g/mol. The molecule has 0 bridgehead atoms. The maximum absolute atomic E-state index is 11.3. The first-order valence-electron chi connectivity index (χ1n) is 5.63. The molecule has 17 heavy (non-hydrogen) atoms. The molecule has 0 aromatic carbocycles. The Morgan fingerprint density at radius 2 is 2.24 bits per heavy atom.